The number of aryl methyl sites for hydroxylation is 2. The van der Waals surface area contributed by atoms with Crippen LogP contribution >= 0.6 is 0 Å². The van der Waals surface area contributed by atoms with Crippen molar-refractivity contribution in [2.75, 3.05) is 0 Å². The Bertz CT molecular complexity index is 684. The van der Waals surface area contributed by atoms with E-state index in [4.69, 9.17) is 0 Å². The average molecular weight is 377 g/mol. The summed E-state index contributed by atoms with van der Waals surface area (Å²) in [6.45, 7) is 12.4. The maximum absolute atomic E-state index is 4.00. The zero-order valence-corrected chi connectivity index (χ0v) is 18.4. The molecule has 26 heavy (non-hydrogen) atoms. The lowest BCUT2D eigenvalue weighted by Gasteiger charge is -2.55. The van der Waals surface area contributed by atoms with Crippen molar-refractivity contribution in [3.05, 3.63) is 85.0 Å². The van der Waals surface area contributed by atoms with Gasteiger partial charge >= 0.3 is 0 Å². The molecule has 0 spiro atoms. The van der Waals surface area contributed by atoms with Gasteiger partial charge in [0.05, 0.1) is 16.1 Å². The molecule has 0 nitrogen and oxygen atoms in total. The van der Waals surface area contributed by atoms with Crippen LogP contribution in [-0.4, -0.2) is 16.1 Å². The fourth-order valence-electron chi connectivity index (χ4n) is 4.87. The molecule has 1 aliphatic rings. The Kier molecular flexibility index (Phi) is 5.84. The molecule has 0 saturated carbocycles. The molecule has 0 aromatic heterocycles. The van der Waals surface area contributed by atoms with E-state index in [1.807, 2.05) is 0 Å². The molecule has 3 rings (SSSR count). The molecule has 136 valence electrons. The Morgan fingerprint density at radius 1 is 0.692 bits per heavy atom. The monoisotopic (exact) mass is 376 g/mol. The van der Waals surface area contributed by atoms with Gasteiger partial charge in [-0.25, -0.2) is 0 Å². The van der Waals surface area contributed by atoms with Crippen molar-refractivity contribution in [2.45, 2.75) is 50.1 Å². The summed E-state index contributed by atoms with van der Waals surface area (Å²) in [5, 5.41) is 3.36. The number of benzene rings is 2. The molecule has 1 saturated heterocycles. The summed E-state index contributed by atoms with van der Waals surface area (Å²) >= 11 is 0. The Morgan fingerprint density at radius 3 is 1.35 bits per heavy atom. The largest absolute Gasteiger partial charge is 0.103 e. The Hall–Kier alpha value is -1.65. The fourth-order valence-corrected chi connectivity index (χ4v) is 24.7. The summed E-state index contributed by atoms with van der Waals surface area (Å²) < 4.78 is 0. The van der Waals surface area contributed by atoms with Crippen LogP contribution in [0.15, 0.2) is 73.8 Å². The first-order valence-corrected chi connectivity index (χ1v) is 15.1. The predicted octanol–water partition coefficient (Wildman–Crippen LogP) is 5.56. The molecule has 1 heterocycles. The van der Waals surface area contributed by atoms with E-state index in [0.717, 1.165) is 0 Å². The van der Waals surface area contributed by atoms with Crippen molar-refractivity contribution in [3.8, 4) is 0 Å². The van der Waals surface area contributed by atoms with Gasteiger partial charge in [-0.15, -0.1) is 13.2 Å². The molecule has 0 bridgehead atoms. The van der Waals surface area contributed by atoms with Crippen LogP contribution in [0.5, 0.6) is 0 Å². The lowest BCUT2D eigenvalue weighted by molar-refractivity contribution is 1.09. The first kappa shape index (κ1) is 19.1. The summed E-state index contributed by atoms with van der Waals surface area (Å²) in [5.74, 6) is 0. The number of hydrogen-bond donors (Lipinski definition) is 0. The van der Waals surface area contributed by atoms with Crippen molar-refractivity contribution in [2.24, 2.45) is 0 Å². The molecule has 0 unspecified atom stereocenters. The molecule has 0 aliphatic carbocycles. The molecule has 1 aliphatic heterocycles. The van der Waals surface area contributed by atoms with Crippen molar-refractivity contribution in [1.29, 1.82) is 0 Å². The highest BCUT2D eigenvalue weighted by molar-refractivity contribution is 7.23. The van der Waals surface area contributed by atoms with E-state index in [2.05, 4.69) is 87.7 Å². The van der Waals surface area contributed by atoms with E-state index in [-0.39, 0.29) is 0 Å². The van der Waals surface area contributed by atoms with Crippen LogP contribution in [0.1, 0.15) is 24.0 Å². The van der Waals surface area contributed by atoms with Crippen molar-refractivity contribution in [3.63, 3.8) is 0 Å². The third-order valence-electron chi connectivity index (χ3n) is 6.34. The van der Waals surface area contributed by atoms with Gasteiger partial charge in [0, 0.05) is 0 Å². The van der Waals surface area contributed by atoms with Gasteiger partial charge < -0.3 is 0 Å². The van der Waals surface area contributed by atoms with E-state index in [1.165, 1.54) is 47.4 Å². The number of allylic oxidation sites excluding steroid dienone is 2. The highest BCUT2D eigenvalue weighted by Crippen LogP contribution is 2.46. The zero-order chi connectivity index (χ0) is 18.6. The molecular formula is C24H32Si2. The molecule has 0 radical (unpaired) electrons. The Balaban J connectivity index is 1.94. The van der Waals surface area contributed by atoms with Crippen LogP contribution < -0.4 is 10.4 Å². The summed E-state index contributed by atoms with van der Waals surface area (Å²) in [6.07, 6.45) is 6.58. The molecule has 0 N–H and O–H groups in total. The molecule has 0 amide bonds. The maximum Gasteiger partial charge on any atom is 0.0825 e. The van der Waals surface area contributed by atoms with Gasteiger partial charge in [-0.3, -0.25) is 0 Å². The van der Waals surface area contributed by atoms with Crippen LogP contribution in [0, 0.1) is 13.8 Å². The fraction of sp³-hybridized carbons (Fsp3) is 0.333. The molecule has 2 heteroatoms. The van der Waals surface area contributed by atoms with Crippen LogP contribution in [0.2, 0.25) is 23.4 Å². The molecule has 1 fully saturated rings. The third-order valence-corrected chi connectivity index (χ3v) is 22.8. The maximum atomic E-state index is 4.00. The second-order valence-electron chi connectivity index (χ2n) is 8.30. The van der Waals surface area contributed by atoms with Crippen LogP contribution in [0.4, 0.5) is 0 Å². The summed E-state index contributed by atoms with van der Waals surface area (Å²) in [6, 6.07) is 21.7. The molecular weight excluding hydrogens is 344 g/mol. The lowest BCUT2D eigenvalue weighted by Crippen LogP contribution is -2.73. The van der Waals surface area contributed by atoms with Crippen molar-refractivity contribution in [1.82, 2.24) is 0 Å². The van der Waals surface area contributed by atoms with Gasteiger partial charge in [0.25, 0.3) is 0 Å². The Morgan fingerprint density at radius 2 is 1.04 bits per heavy atom. The van der Waals surface area contributed by atoms with Crippen molar-refractivity contribution >= 4 is 26.5 Å². The molecule has 0 atom stereocenters. The van der Waals surface area contributed by atoms with E-state index in [9.17, 15) is 0 Å². The smallest absolute Gasteiger partial charge is 0.0825 e. The van der Waals surface area contributed by atoms with Crippen molar-refractivity contribution < 1.29 is 0 Å². The standard InChI is InChI=1S/C24H32Si2/c1-5-7-17-25(23-13-9-21(3)10-14-23)19-26(20-25,18-8-6-2)24-15-11-22(4)12-16-24/h5-6,9-16H,1-2,7-8,17-20H2,3-4H3. The van der Waals surface area contributed by atoms with Gasteiger partial charge in [-0.05, 0) is 26.7 Å². The normalized spacial score (nSPS) is 24.7. The zero-order valence-electron chi connectivity index (χ0n) is 16.4. The average Bonchev–Trinajstić information content (AvgIpc) is 2.62. The van der Waals surface area contributed by atoms with E-state index < -0.39 is 16.1 Å². The third kappa shape index (κ3) is 3.72. The van der Waals surface area contributed by atoms with Gasteiger partial charge in [-0.1, -0.05) is 106 Å². The first-order valence-electron chi connectivity index (χ1n) is 9.90. The highest BCUT2D eigenvalue weighted by Gasteiger charge is 2.57. The first-order chi connectivity index (χ1) is 12.5. The van der Waals surface area contributed by atoms with Gasteiger partial charge in [-0.2, -0.15) is 0 Å². The summed E-state index contributed by atoms with van der Waals surface area (Å²) in [7, 11) is -2.78. The van der Waals surface area contributed by atoms with Gasteiger partial charge in [0.2, 0.25) is 0 Å². The lowest BCUT2D eigenvalue weighted by atomic mass is 10.2. The van der Waals surface area contributed by atoms with Crippen LogP contribution in [0.3, 0.4) is 0 Å². The SMILES string of the molecule is C=CCC[Si]1(c2ccc(C)cc2)C[Si](CCC=C)(c2ccc(C)cc2)C1. The minimum Gasteiger partial charge on any atom is -0.103 e. The summed E-state index contributed by atoms with van der Waals surface area (Å²) in [5.41, 5.74) is 5.76. The van der Waals surface area contributed by atoms with Gasteiger partial charge in [0.1, 0.15) is 0 Å². The van der Waals surface area contributed by atoms with Gasteiger partial charge in [0.15, 0.2) is 0 Å². The highest BCUT2D eigenvalue weighted by atomic mass is 28.5. The summed E-state index contributed by atoms with van der Waals surface area (Å²) in [4.78, 5) is 0. The minimum atomic E-state index is -1.39. The topological polar surface area (TPSA) is 0 Å². The van der Waals surface area contributed by atoms with E-state index >= 15 is 0 Å². The predicted molar refractivity (Wildman–Crippen MR) is 122 cm³/mol. The second kappa shape index (κ2) is 7.93. The van der Waals surface area contributed by atoms with E-state index in [0.29, 0.717) is 0 Å². The quantitative estimate of drug-likeness (QED) is 0.418. The second-order valence-corrected chi connectivity index (χ2v) is 18.4. The van der Waals surface area contributed by atoms with Crippen LogP contribution in [0.25, 0.3) is 0 Å². The molecule has 2 aromatic carbocycles. The number of rotatable bonds is 8. The molecule has 2 aromatic rings. The Labute approximate surface area is 161 Å². The van der Waals surface area contributed by atoms with E-state index in [1.54, 1.807) is 10.4 Å². The number of hydrogen-bond acceptors (Lipinski definition) is 0. The van der Waals surface area contributed by atoms with Crippen LogP contribution in [-0.2, 0) is 0 Å². The minimum absolute atomic E-state index is 1.17.